The van der Waals surface area contributed by atoms with Crippen molar-refractivity contribution in [2.24, 2.45) is 0 Å². The average Bonchev–Trinajstić information content (AvgIpc) is 2.79. The molecule has 0 aromatic heterocycles. The van der Waals surface area contributed by atoms with Crippen LogP contribution in [0.25, 0.3) is 0 Å². The van der Waals surface area contributed by atoms with Crippen LogP contribution < -0.4 is 14.4 Å². The van der Waals surface area contributed by atoms with Crippen LogP contribution in [-0.2, 0) is 19.5 Å². The van der Waals surface area contributed by atoms with Crippen LogP contribution in [0.5, 0.6) is 11.5 Å². The number of nitrogens with zero attached hydrogens (tertiary/aromatic N) is 1. The number of ether oxygens (including phenoxy) is 2. The maximum Gasteiger partial charge on any atom is 0.393 e. The van der Waals surface area contributed by atoms with E-state index in [9.17, 15) is 13.2 Å². The Kier molecular flexibility index (Phi) is 7.89. The van der Waals surface area contributed by atoms with E-state index in [2.05, 4.69) is 15.9 Å². The first-order valence-electron chi connectivity index (χ1n) is 10.2. The highest BCUT2D eigenvalue weighted by molar-refractivity contribution is 9.10. The molecule has 0 aliphatic carbocycles. The summed E-state index contributed by atoms with van der Waals surface area (Å²) in [6, 6.07) is 16.2. The lowest BCUT2D eigenvalue weighted by atomic mass is 10.0. The van der Waals surface area contributed by atoms with Gasteiger partial charge < -0.3 is 14.4 Å². The van der Waals surface area contributed by atoms with Gasteiger partial charge >= 0.3 is 6.18 Å². The van der Waals surface area contributed by atoms with E-state index >= 15 is 4.39 Å². The van der Waals surface area contributed by atoms with Gasteiger partial charge in [0.15, 0.2) is 5.82 Å². The van der Waals surface area contributed by atoms with E-state index in [1.165, 1.54) is 6.07 Å². The van der Waals surface area contributed by atoms with E-state index in [0.29, 0.717) is 30.2 Å². The van der Waals surface area contributed by atoms with Gasteiger partial charge in [-0.25, -0.2) is 4.39 Å². The van der Waals surface area contributed by atoms with Crippen molar-refractivity contribution >= 4 is 21.6 Å². The largest absolute Gasteiger partial charge is 0.497 e. The molecule has 0 aliphatic heterocycles. The molecule has 0 fully saturated rings. The van der Waals surface area contributed by atoms with Gasteiger partial charge in [0, 0.05) is 13.1 Å². The third kappa shape index (κ3) is 6.41. The van der Waals surface area contributed by atoms with Crippen molar-refractivity contribution in [1.82, 2.24) is 0 Å². The SMILES string of the molecule is COc1ccc(CN(Cc2ccc(OC)cc2)c2cc(C)c(CC(F)(F)F)c(Br)c2F)cc1. The van der Waals surface area contributed by atoms with E-state index in [0.717, 1.165) is 11.1 Å². The number of anilines is 1. The molecular weight excluding hydrogens is 502 g/mol. The minimum Gasteiger partial charge on any atom is -0.497 e. The predicted octanol–water partition coefficient (Wildman–Crippen LogP) is 7.23. The van der Waals surface area contributed by atoms with Gasteiger partial charge in [-0.3, -0.25) is 0 Å². The van der Waals surface area contributed by atoms with Crippen LogP contribution >= 0.6 is 15.9 Å². The first-order chi connectivity index (χ1) is 15.6. The monoisotopic (exact) mass is 525 g/mol. The number of alkyl halides is 3. The molecular formula is C25H24BrF4NO2. The quantitative estimate of drug-likeness (QED) is 0.289. The van der Waals surface area contributed by atoms with Crippen molar-refractivity contribution in [3.05, 3.63) is 87.1 Å². The van der Waals surface area contributed by atoms with Crippen molar-refractivity contribution in [2.45, 2.75) is 32.6 Å². The second kappa shape index (κ2) is 10.5. The Bertz CT molecular complexity index is 1030. The molecule has 0 N–H and O–H groups in total. The van der Waals surface area contributed by atoms with Crippen LogP contribution in [0.2, 0.25) is 0 Å². The highest BCUT2D eigenvalue weighted by atomic mass is 79.9. The third-order valence-electron chi connectivity index (χ3n) is 5.29. The maximum absolute atomic E-state index is 15.4. The van der Waals surface area contributed by atoms with E-state index in [-0.39, 0.29) is 15.7 Å². The van der Waals surface area contributed by atoms with Crippen molar-refractivity contribution < 1.29 is 27.0 Å². The molecule has 0 aliphatic rings. The van der Waals surface area contributed by atoms with Crippen LogP contribution in [0.1, 0.15) is 22.3 Å². The molecule has 0 saturated carbocycles. The third-order valence-corrected chi connectivity index (χ3v) is 6.12. The first kappa shape index (κ1) is 24.9. The van der Waals surface area contributed by atoms with Gasteiger partial charge in [-0.2, -0.15) is 13.2 Å². The van der Waals surface area contributed by atoms with Gasteiger partial charge in [-0.15, -0.1) is 0 Å². The number of hydrogen-bond donors (Lipinski definition) is 0. The Morgan fingerprint density at radius 2 is 1.30 bits per heavy atom. The Balaban J connectivity index is 2.01. The lowest BCUT2D eigenvalue weighted by Gasteiger charge is -2.28. The second-order valence-electron chi connectivity index (χ2n) is 7.66. The zero-order chi connectivity index (χ0) is 24.2. The predicted molar refractivity (Wildman–Crippen MR) is 124 cm³/mol. The molecule has 0 heterocycles. The summed E-state index contributed by atoms with van der Waals surface area (Å²) in [4.78, 5) is 1.80. The van der Waals surface area contributed by atoms with Crippen molar-refractivity contribution in [3.63, 3.8) is 0 Å². The summed E-state index contributed by atoms with van der Waals surface area (Å²) in [6.45, 7) is 2.25. The standard InChI is InChI=1S/C25H24BrF4NO2/c1-16-12-22(24(27)23(26)21(16)13-25(28,29)30)31(14-17-4-8-19(32-2)9-5-17)15-18-6-10-20(33-3)11-7-18/h4-12H,13-15H2,1-3H3. The molecule has 3 rings (SSSR count). The fourth-order valence-electron chi connectivity index (χ4n) is 3.55. The minimum atomic E-state index is -4.44. The van der Waals surface area contributed by atoms with Crippen LogP contribution in [0, 0.1) is 12.7 Å². The number of hydrogen-bond acceptors (Lipinski definition) is 3. The summed E-state index contributed by atoms with van der Waals surface area (Å²) in [7, 11) is 3.15. The summed E-state index contributed by atoms with van der Waals surface area (Å²) in [5.74, 6) is 0.672. The molecule has 0 unspecified atom stereocenters. The van der Waals surface area contributed by atoms with Crippen molar-refractivity contribution in [1.29, 1.82) is 0 Å². The second-order valence-corrected chi connectivity index (χ2v) is 8.46. The summed E-state index contributed by atoms with van der Waals surface area (Å²) in [5, 5.41) is 0. The molecule has 3 aromatic rings. The number of halogens is 5. The molecule has 0 amide bonds. The highest BCUT2D eigenvalue weighted by Gasteiger charge is 2.31. The molecule has 3 aromatic carbocycles. The number of aryl methyl sites for hydroxylation is 1. The highest BCUT2D eigenvalue weighted by Crippen LogP contribution is 2.37. The molecule has 0 spiro atoms. The van der Waals surface area contributed by atoms with Crippen LogP contribution in [0.15, 0.2) is 59.1 Å². The Morgan fingerprint density at radius 1 is 0.848 bits per heavy atom. The Labute approximate surface area is 199 Å². The van der Waals surface area contributed by atoms with E-state index in [1.54, 1.807) is 26.0 Å². The van der Waals surface area contributed by atoms with Crippen molar-refractivity contribution in [3.8, 4) is 11.5 Å². The van der Waals surface area contributed by atoms with Gasteiger partial charge in [0.25, 0.3) is 0 Å². The average molecular weight is 526 g/mol. The van der Waals surface area contributed by atoms with Crippen LogP contribution in [-0.4, -0.2) is 20.4 Å². The lowest BCUT2D eigenvalue weighted by Crippen LogP contribution is -2.24. The van der Waals surface area contributed by atoms with Gasteiger partial charge in [0.1, 0.15) is 11.5 Å². The summed E-state index contributed by atoms with van der Waals surface area (Å²) < 4.78 is 64.7. The summed E-state index contributed by atoms with van der Waals surface area (Å²) in [6.07, 6.45) is -5.64. The summed E-state index contributed by atoms with van der Waals surface area (Å²) in [5.41, 5.74) is 2.29. The van der Waals surface area contributed by atoms with Gasteiger partial charge in [0.2, 0.25) is 0 Å². The molecule has 0 bridgehead atoms. The topological polar surface area (TPSA) is 21.7 Å². The van der Waals surface area contributed by atoms with Crippen LogP contribution in [0.4, 0.5) is 23.2 Å². The first-order valence-corrected chi connectivity index (χ1v) is 11.0. The normalized spacial score (nSPS) is 11.4. The fraction of sp³-hybridized carbons (Fsp3) is 0.280. The maximum atomic E-state index is 15.4. The fourth-order valence-corrected chi connectivity index (χ4v) is 4.21. The summed E-state index contributed by atoms with van der Waals surface area (Å²) >= 11 is 3.08. The van der Waals surface area contributed by atoms with E-state index in [1.807, 2.05) is 48.5 Å². The Morgan fingerprint density at radius 3 is 1.70 bits per heavy atom. The van der Waals surface area contributed by atoms with Crippen LogP contribution in [0.3, 0.4) is 0 Å². The zero-order valence-corrected chi connectivity index (χ0v) is 20.1. The molecule has 0 saturated heterocycles. The Hall–Kier alpha value is -2.74. The zero-order valence-electron chi connectivity index (χ0n) is 18.5. The molecule has 8 heteroatoms. The molecule has 0 atom stereocenters. The number of methoxy groups -OCH3 is 2. The lowest BCUT2D eigenvalue weighted by molar-refractivity contribution is -0.127. The van der Waals surface area contributed by atoms with E-state index in [4.69, 9.17) is 9.47 Å². The van der Waals surface area contributed by atoms with E-state index < -0.39 is 18.4 Å². The van der Waals surface area contributed by atoms with Gasteiger partial charge in [0.05, 0.1) is 30.8 Å². The molecule has 176 valence electrons. The van der Waals surface area contributed by atoms with Crippen molar-refractivity contribution in [2.75, 3.05) is 19.1 Å². The number of benzene rings is 3. The van der Waals surface area contributed by atoms with Gasteiger partial charge in [-0.1, -0.05) is 24.3 Å². The molecule has 3 nitrogen and oxygen atoms in total. The number of rotatable bonds is 8. The smallest absolute Gasteiger partial charge is 0.393 e. The minimum absolute atomic E-state index is 0.0994. The molecule has 0 radical (unpaired) electrons. The van der Waals surface area contributed by atoms with Gasteiger partial charge in [-0.05, 0) is 75.4 Å². The molecule has 33 heavy (non-hydrogen) atoms.